The Morgan fingerprint density at radius 3 is 2.38 bits per heavy atom. The van der Waals surface area contributed by atoms with E-state index < -0.39 is 10.0 Å². The molecule has 0 atom stereocenters. The van der Waals surface area contributed by atoms with Crippen molar-refractivity contribution in [1.82, 2.24) is 14.5 Å². The van der Waals surface area contributed by atoms with E-state index in [1.807, 2.05) is 19.0 Å². The third kappa shape index (κ3) is 5.44. The number of hydrogen-bond donors (Lipinski definition) is 1. The SMILES string of the molecule is CCN(CC)S(=O)(=O)c1ccc(Cl)c(C(=O)NCCCN(C)C)c1. The average molecular weight is 376 g/mol. The van der Waals surface area contributed by atoms with Crippen molar-refractivity contribution in [2.45, 2.75) is 25.2 Å². The Bertz CT molecular complexity index is 659. The topological polar surface area (TPSA) is 69.7 Å². The monoisotopic (exact) mass is 375 g/mol. The number of rotatable bonds is 9. The first-order valence-corrected chi connectivity index (χ1v) is 9.78. The third-order valence-electron chi connectivity index (χ3n) is 3.59. The number of amides is 1. The van der Waals surface area contributed by atoms with E-state index in [2.05, 4.69) is 5.32 Å². The summed E-state index contributed by atoms with van der Waals surface area (Å²) in [5.74, 6) is -0.365. The molecule has 1 amide bonds. The van der Waals surface area contributed by atoms with Crippen LogP contribution < -0.4 is 5.32 Å². The standard InChI is InChI=1S/C16H26ClN3O3S/c1-5-20(6-2)24(22,23)13-8-9-15(17)14(12-13)16(21)18-10-7-11-19(3)4/h8-9,12H,5-7,10-11H2,1-4H3,(H,18,21). The van der Waals surface area contributed by atoms with Crippen LogP contribution in [0.5, 0.6) is 0 Å². The highest BCUT2D eigenvalue weighted by molar-refractivity contribution is 7.89. The largest absolute Gasteiger partial charge is 0.352 e. The van der Waals surface area contributed by atoms with Gasteiger partial charge in [0.05, 0.1) is 15.5 Å². The van der Waals surface area contributed by atoms with Crippen LogP contribution in [0.3, 0.4) is 0 Å². The second kappa shape index (κ2) is 9.36. The van der Waals surface area contributed by atoms with Crippen molar-refractivity contribution >= 4 is 27.5 Å². The molecule has 1 rings (SSSR count). The molecule has 0 radical (unpaired) electrons. The molecule has 136 valence electrons. The Balaban J connectivity index is 2.96. The summed E-state index contributed by atoms with van der Waals surface area (Å²) in [6, 6.07) is 4.22. The number of benzene rings is 1. The molecule has 0 aliphatic rings. The van der Waals surface area contributed by atoms with Gasteiger partial charge in [-0.15, -0.1) is 0 Å². The molecule has 1 aromatic rings. The average Bonchev–Trinajstić information content (AvgIpc) is 2.52. The maximum Gasteiger partial charge on any atom is 0.252 e. The van der Waals surface area contributed by atoms with Crippen molar-refractivity contribution in [3.8, 4) is 0 Å². The second-order valence-corrected chi connectivity index (χ2v) is 7.99. The summed E-state index contributed by atoms with van der Waals surface area (Å²) in [5.41, 5.74) is 0.176. The molecule has 1 N–H and O–H groups in total. The molecule has 0 spiro atoms. The van der Waals surface area contributed by atoms with Gasteiger partial charge in [-0.3, -0.25) is 4.79 Å². The molecule has 1 aromatic carbocycles. The molecular weight excluding hydrogens is 350 g/mol. The number of sulfonamides is 1. The van der Waals surface area contributed by atoms with Gasteiger partial charge in [0, 0.05) is 19.6 Å². The first-order chi connectivity index (χ1) is 11.2. The van der Waals surface area contributed by atoms with E-state index in [0.717, 1.165) is 13.0 Å². The van der Waals surface area contributed by atoms with Crippen LogP contribution in [0, 0.1) is 0 Å². The van der Waals surface area contributed by atoms with E-state index in [-0.39, 0.29) is 21.4 Å². The Kier molecular flexibility index (Phi) is 8.15. The fourth-order valence-corrected chi connectivity index (χ4v) is 3.93. The van der Waals surface area contributed by atoms with Crippen LogP contribution in [0.15, 0.2) is 23.1 Å². The van der Waals surface area contributed by atoms with Crippen LogP contribution in [-0.4, -0.2) is 63.8 Å². The number of nitrogens with one attached hydrogen (secondary N) is 1. The van der Waals surface area contributed by atoms with Crippen LogP contribution in [0.2, 0.25) is 5.02 Å². The van der Waals surface area contributed by atoms with E-state index in [9.17, 15) is 13.2 Å². The fraction of sp³-hybridized carbons (Fsp3) is 0.562. The zero-order valence-corrected chi connectivity index (χ0v) is 16.2. The Hall–Kier alpha value is -1.15. The predicted molar refractivity (Wildman–Crippen MR) is 97.1 cm³/mol. The second-order valence-electron chi connectivity index (χ2n) is 5.64. The quantitative estimate of drug-likeness (QED) is 0.670. The van der Waals surface area contributed by atoms with Crippen LogP contribution in [0.1, 0.15) is 30.6 Å². The summed E-state index contributed by atoms with van der Waals surface area (Å²) in [4.78, 5) is 14.4. The molecule has 0 heterocycles. The van der Waals surface area contributed by atoms with Crippen molar-refractivity contribution in [1.29, 1.82) is 0 Å². The molecule has 0 unspecified atom stereocenters. The highest BCUT2D eigenvalue weighted by atomic mass is 35.5. The van der Waals surface area contributed by atoms with E-state index in [1.165, 1.54) is 22.5 Å². The van der Waals surface area contributed by atoms with Gasteiger partial charge >= 0.3 is 0 Å². The summed E-state index contributed by atoms with van der Waals surface area (Å²) in [5, 5.41) is 3.01. The fourth-order valence-electron chi connectivity index (χ4n) is 2.24. The molecule has 0 saturated carbocycles. The molecule has 0 saturated heterocycles. The molecule has 24 heavy (non-hydrogen) atoms. The van der Waals surface area contributed by atoms with Gasteiger partial charge in [-0.2, -0.15) is 4.31 Å². The van der Waals surface area contributed by atoms with Crippen molar-refractivity contribution in [3.05, 3.63) is 28.8 Å². The normalized spacial score (nSPS) is 12.0. The maximum absolute atomic E-state index is 12.6. The van der Waals surface area contributed by atoms with Gasteiger partial charge in [-0.25, -0.2) is 8.42 Å². The molecule has 0 fully saturated rings. The van der Waals surface area contributed by atoms with Crippen molar-refractivity contribution in [2.24, 2.45) is 0 Å². The minimum absolute atomic E-state index is 0.0778. The van der Waals surface area contributed by atoms with E-state index in [1.54, 1.807) is 13.8 Å². The lowest BCUT2D eigenvalue weighted by Gasteiger charge is -2.19. The third-order valence-corrected chi connectivity index (χ3v) is 5.97. The van der Waals surface area contributed by atoms with Crippen LogP contribution >= 0.6 is 11.6 Å². The van der Waals surface area contributed by atoms with E-state index in [4.69, 9.17) is 11.6 Å². The zero-order valence-electron chi connectivity index (χ0n) is 14.7. The van der Waals surface area contributed by atoms with Crippen LogP contribution in [0.25, 0.3) is 0 Å². The van der Waals surface area contributed by atoms with Gasteiger partial charge in [-0.1, -0.05) is 25.4 Å². The summed E-state index contributed by atoms with van der Waals surface area (Å²) < 4.78 is 26.5. The van der Waals surface area contributed by atoms with Gasteiger partial charge < -0.3 is 10.2 Å². The number of hydrogen-bond acceptors (Lipinski definition) is 4. The smallest absolute Gasteiger partial charge is 0.252 e. The molecular formula is C16H26ClN3O3S. The van der Waals surface area contributed by atoms with Gasteiger partial charge in [0.25, 0.3) is 5.91 Å². The summed E-state index contributed by atoms with van der Waals surface area (Å²) in [6.45, 7) is 5.64. The first kappa shape index (κ1) is 20.9. The molecule has 0 bridgehead atoms. The number of halogens is 1. The lowest BCUT2D eigenvalue weighted by atomic mass is 10.2. The lowest BCUT2D eigenvalue weighted by molar-refractivity contribution is 0.0952. The molecule has 0 aliphatic carbocycles. The highest BCUT2D eigenvalue weighted by Crippen LogP contribution is 2.23. The highest BCUT2D eigenvalue weighted by Gasteiger charge is 2.23. The van der Waals surface area contributed by atoms with Gasteiger partial charge in [0.15, 0.2) is 0 Å². The maximum atomic E-state index is 12.6. The van der Waals surface area contributed by atoms with Gasteiger partial charge in [0.2, 0.25) is 10.0 Å². The Labute approximate surface area is 149 Å². The van der Waals surface area contributed by atoms with Gasteiger partial charge in [-0.05, 0) is 45.3 Å². The summed E-state index contributed by atoms with van der Waals surface area (Å²) in [6.07, 6.45) is 0.799. The van der Waals surface area contributed by atoms with Crippen molar-refractivity contribution < 1.29 is 13.2 Å². The van der Waals surface area contributed by atoms with Crippen molar-refractivity contribution in [3.63, 3.8) is 0 Å². The number of nitrogens with zero attached hydrogens (tertiary/aromatic N) is 2. The molecule has 0 aromatic heterocycles. The predicted octanol–water partition coefficient (Wildman–Crippen LogP) is 2.05. The number of carbonyl (C=O) groups is 1. The number of carbonyl (C=O) groups excluding carboxylic acids is 1. The zero-order chi connectivity index (χ0) is 18.3. The van der Waals surface area contributed by atoms with E-state index in [0.29, 0.717) is 19.6 Å². The summed E-state index contributed by atoms with van der Waals surface area (Å²) >= 11 is 6.07. The first-order valence-electron chi connectivity index (χ1n) is 7.96. The van der Waals surface area contributed by atoms with Crippen LogP contribution in [0.4, 0.5) is 0 Å². The van der Waals surface area contributed by atoms with Crippen molar-refractivity contribution in [2.75, 3.05) is 40.3 Å². The molecule has 6 nitrogen and oxygen atoms in total. The molecule has 8 heteroatoms. The molecule has 0 aliphatic heterocycles. The van der Waals surface area contributed by atoms with Gasteiger partial charge in [0.1, 0.15) is 0 Å². The lowest BCUT2D eigenvalue weighted by Crippen LogP contribution is -2.31. The summed E-state index contributed by atoms with van der Waals surface area (Å²) in [7, 11) is 0.295. The van der Waals surface area contributed by atoms with Crippen LogP contribution in [-0.2, 0) is 10.0 Å². The Morgan fingerprint density at radius 1 is 1.21 bits per heavy atom. The Morgan fingerprint density at radius 2 is 1.83 bits per heavy atom. The minimum atomic E-state index is -3.62. The minimum Gasteiger partial charge on any atom is -0.352 e. The van der Waals surface area contributed by atoms with E-state index >= 15 is 0 Å².